The van der Waals surface area contributed by atoms with Crippen molar-refractivity contribution >= 4 is 34.4 Å². The Bertz CT molecular complexity index is 1650. The molecule has 0 bridgehead atoms. The Morgan fingerprint density at radius 2 is 1.89 bits per heavy atom. The molecule has 1 aliphatic heterocycles. The number of nitrogens with zero attached hydrogens (tertiary/aromatic N) is 2. The first-order chi connectivity index (χ1) is 18.2. The van der Waals surface area contributed by atoms with Gasteiger partial charge in [-0.15, -0.1) is 0 Å². The number of para-hydroxylation sites is 3. The lowest BCUT2D eigenvalue weighted by Gasteiger charge is -2.34. The number of allylic oxidation sites excluding steroid dienone is 2. The number of H-pyrrole nitrogens is 2. The zero-order valence-electron chi connectivity index (χ0n) is 19.9. The van der Waals surface area contributed by atoms with Gasteiger partial charge in [-0.25, -0.2) is 4.98 Å². The highest BCUT2D eigenvalue weighted by Crippen LogP contribution is 2.49. The first-order valence-corrected chi connectivity index (χ1v) is 12.9. The van der Waals surface area contributed by atoms with Crippen LogP contribution in [0, 0.1) is 0 Å². The molecule has 9 heteroatoms. The van der Waals surface area contributed by atoms with Crippen molar-refractivity contribution in [2.75, 3.05) is 12.4 Å². The minimum atomic E-state index is -0.332. The predicted molar refractivity (Wildman–Crippen MR) is 140 cm³/mol. The maximum absolute atomic E-state index is 13.7. The number of aromatic amines is 2. The molecule has 3 N–H and O–H groups in total. The van der Waals surface area contributed by atoms with Crippen LogP contribution in [0.4, 0.5) is 5.82 Å². The number of benzene rings is 2. The summed E-state index contributed by atoms with van der Waals surface area (Å²) in [6, 6.07) is 19.7. The third kappa shape index (κ3) is 3.74. The van der Waals surface area contributed by atoms with Crippen LogP contribution in [0.3, 0.4) is 0 Å². The van der Waals surface area contributed by atoms with Gasteiger partial charge in [0.05, 0.1) is 30.3 Å². The SMILES string of the molecule is COc1ccccc1C1CC(=O)C2=C(C1)Nc1[nH]ncc1C2c1ccc(Sc2nc3ccccc3[nH]2)o1. The Balaban J connectivity index is 1.23. The van der Waals surface area contributed by atoms with E-state index < -0.39 is 0 Å². The number of carbonyl (C=O) groups is 1. The average Bonchev–Trinajstić information content (AvgIpc) is 3.67. The number of carbonyl (C=O) groups excluding carboxylic acids is 1. The number of methoxy groups -OCH3 is 1. The number of anilines is 1. The van der Waals surface area contributed by atoms with Gasteiger partial charge in [-0.2, -0.15) is 5.10 Å². The fourth-order valence-electron chi connectivity index (χ4n) is 5.44. The zero-order chi connectivity index (χ0) is 24.9. The Morgan fingerprint density at radius 3 is 2.78 bits per heavy atom. The number of nitrogens with one attached hydrogen (secondary N) is 3. The third-order valence-corrected chi connectivity index (χ3v) is 7.89. The molecule has 0 amide bonds. The fraction of sp³-hybridized carbons (Fsp3) is 0.179. The number of furan rings is 1. The molecule has 5 aromatic rings. The van der Waals surface area contributed by atoms with Crippen LogP contribution in [0.15, 0.2) is 92.8 Å². The monoisotopic (exact) mass is 509 g/mol. The number of rotatable bonds is 5. The van der Waals surface area contributed by atoms with E-state index in [-0.39, 0.29) is 17.6 Å². The predicted octanol–water partition coefficient (Wildman–Crippen LogP) is 6.00. The van der Waals surface area contributed by atoms with E-state index in [0.29, 0.717) is 23.7 Å². The largest absolute Gasteiger partial charge is 0.496 e. The first kappa shape index (κ1) is 22.0. The highest BCUT2D eigenvalue weighted by molar-refractivity contribution is 7.99. The molecule has 4 heterocycles. The van der Waals surface area contributed by atoms with Gasteiger partial charge in [0.2, 0.25) is 0 Å². The maximum atomic E-state index is 13.7. The third-order valence-electron chi connectivity index (χ3n) is 7.08. The van der Waals surface area contributed by atoms with E-state index in [1.807, 2.05) is 60.7 Å². The van der Waals surface area contributed by atoms with Gasteiger partial charge in [-0.3, -0.25) is 9.89 Å². The van der Waals surface area contributed by atoms with Gasteiger partial charge in [0.1, 0.15) is 17.3 Å². The second-order valence-corrected chi connectivity index (χ2v) is 10.2. The molecule has 0 saturated carbocycles. The molecule has 3 aromatic heterocycles. The van der Waals surface area contributed by atoms with Crippen molar-refractivity contribution in [3.05, 3.63) is 95.0 Å². The summed E-state index contributed by atoms with van der Waals surface area (Å²) in [5.41, 5.74) is 5.47. The van der Waals surface area contributed by atoms with Crippen molar-refractivity contribution in [2.45, 2.75) is 34.9 Å². The molecule has 0 spiro atoms. The normalized spacial score (nSPS) is 19.0. The molecule has 1 aliphatic carbocycles. The second-order valence-electron chi connectivity index (χ2n) is 9.24. The summed E-state index contributed by atoms with van der Waals surface area (Å²) in [6.07, 6.45) is 2.87. The number of aromatic nitrogens is 4. The molecule has 37 heavy (non-hydrogen) atoms. The van der Waals surface area contributed by atoms with Crippen molar-refractivity contribution in [2.24, 2.45) is 0 Å². The van der Waals surface area contributed by atoms with Crippen LogP contribution >= 0.6 is 11.8 Å². The van der Waals surface area contributed by atoms with E-state index in [2.05, 4.69) is 25.5 Å². The zero-order valence-corrected chi connectivity index (χ0v) is 20.8. The van der Waals surface area contributed by atoms with E-state index in [4.69, 9.17) is 9.15 Å². The Hall–Kier alpha value is -4.24. The molecule has 0 saturated heterocycles. The van der Waals surface area contributed by atoms with Crippen molar-refractivity contribution in [3.63, 3.8) is 0 Å². The van der Waals surface area contributed by atoms with Crippen molar-refractivity contribution in [1.82, 2.24) is 20.2 Å². The standard InChI is InChI=1S/C28H23N5O3S/c1-35-22-9-5-2-6-16(22)15-12-20-26(21(34)13-15)25(17-14-29-33-27(17)30-20)23-10-11-24(36-23)37-28-31-18-7-3-4-8-19(18)32-28/h2-11,14-15,25H,12-13H2,1H3,(H,31,32)(H2,29,30,33). The number of hydrogen-bond donors (Lipinski definition) is 3. The number of fused-ring (bicyclic) bond motifs is 2. The van der Waals surface area contributed by atoms with Gasteiger partial charge in [0.25, 0.3) is 0 Å². The Kier molecular flexibility index (Phi) is 5.17. The smallest absolute Gasteiger partial charge is 0.174 e. The highest BCUT2D eigenvalue weighted by Gasteiger charge is 2.41. The van der Waals surface area contributed by atoms with Gasteiger partial charge in [-0.1, -0.05) is 30.3 Å². The molecule has 2 aromatic carbocycles. The van der Waals surface area contributed by atoms with Crippen molar-refractivity contribution < 1.29 is 13.9 Å². The Labute approximate surface area is 216 Å². The average molecular weight is 510 g/mol. The van der Waals surface area contributed by atoms with E-state index in [1.165, 1.54) is 11.8 Å². The number of imidazole rings is 1. The molecule has 8 nitrogen and oxygen atoms in total. The van der Waals surface area contributed by atoms with E-state index in [0.717, 1.165) is 50.2 Å². The van der Waals surface area contributed by atoms with Crippen LogP contribution < -0.4 is 10.1 Å². The molecule has 0 fully saturated rings. The van der Waals surface area contributed by atoms with Gasteiger partial charge >= 0.3 is 0 Å². The summed E-state index contributed by atoms with van der Waals surface area (Å²) in [5.74, 6) is 2.10. The van der Waals surface area contributed by atoms with Crippen LogP contribution in [0.2, 0.25) is 0 Å². The van der Waals surface area contributed by atoms with Crippen molar-refractivity contribution in [3.8, 4) is 5.75 Å². The number of ether oxygens (including phenoxy) is 1. The van der Waals surface area contributed by atoms with Crippen LogP contribution in [0.25, 0.3) is 11.0 Å². The van der Waals surface area contributed by atoms with E-state index in [1.54, 1.807) is 13.3 Å². The number of hydrogen-bond acceptors (Lipinski definition) is 7. The minimum absolute atomic E-state index is 0.0239. The molecule has 0 radical (unpaired) electrons. The van der Waals surface area contributed by atoms with Gasteiger partial charge in [-0.05, 0) is 54.1 Å². The molecule has 2 aliphatic rings. The van der Waals surface area contributed by atoms with Gasteiger partial charge in [0.15, 0.2) is 16.0 Å². The van der Waals surface area contributed by atoms with Crippen LogP contribution in [-0.2, 0) is 4.79 Å². The summed E-state index contributed by atoms with van der Waals surface area (Å²) in [7, 11) is 1.66. The summed E-state index contributed by atoms with van der Waals surface area (Å²) in [5, 5.41) is 12.2. The summed E-state index contributed by atoms with van der Waals surface area (Å²) >= 11 is 1.43. The molecular formula is C28H23N5O3S. The maximum Gasteiger partial charge on any atom is 0.174 e. The Morgan fingerprint density at radius 1 is 1.03 bits per heavy atom. The van der Waals surface area contributed by atoms with E-state index >= 15 is 0 Å². The summed E-state index contributed by atoms with van der Waals surface area (Å²) < 4.78 is 11.9. The van der Waals surface area contributed by atoms with Crippen molar-refractivity contribution in [1.29, 1.82) is 0 Å². The molecular weight excluding hydrogens is 486 g/mol. The molecule has 2 unspecified atom stereocenters. The van der Waals surface area contributed by atoms with Crippen LogP contribution in [0.1, 0.15) is 41.6 Å². The second kappa shape index (κ2) is 8.70. The first-order valence-electron chi connectivity index (χ1n) is 12.1. The van der Waals surface area contributed by atoms with Crippen LogP contribution in [0.5, 0.6) is 5.75 Å². The molecule has 184 valence electrons. The lowest BCUT2D eigenvalue weighted by atomic mass is 9.74. The number of Topliss-reactive ketones (excluding diaryl/α,β-unsaturated/α-hetero) is 1. The minimum Gasteiger partial charge on any atom is -0.496 e. The summed E-state index contributed by atoms with van der Waals surface area (Å²) in [6.45, 7) is 0. The van der Waals surface area contributed by atoms with E-state index in [9.17, 15) is 4.79 Å². The fourth-order valence-corrected chi connectivity index (χ4v) is 6.21. The van der Waals surface area contributed by atoms with Crippen LogP contribution in [-0.4, -0.2) is 33.1 Å². The van der Waals surface area contributed by atoms with Gasteiger partial charge in [0, 0.05) is 29.2 Å². The van der Waals surface area contributed by atoms with Gasteiger partial charge < -0.3 is 19.5 Å². The number of ketones is 1. The topological polar surface area (TPSA) is 109 Å². The molecule has 2 atom stereocenters. The summed E-state index contributed by atoms with van der Waals surface area (Å²) in [4.78, 5) is 21.6. The highest BCUT2D eigenvalue weighted by atomic mass is 32.2. The lowest BCUT2D eigenvalue weighted by Crippen LogP contribution is -2.29. The quantitative estimate of drug-likeness (QED) is 0.267. The lowest BCUT2D eigenvalue weighted by molar-refractivity contribution is -0.116. The molecule has 7 rings (SSSR count).